The van der Waals surface area contributed by atoms with Crippen molar-refractivity contribution >= 4 is 5.91 Å². The van der Waals surface area contributed by atoms with E-state index in [1.807, 2.05) is 14.0 Å². The number of nitrogens with one attached hydrogen (secondary N) is 2. The first-order valence-electron chi connectivity index (χ1n) is 6.41. The summed E-state index contributed by atoms with van der Waals surface area (Å²) in [5, 5.41) is 6.13. The van der Waals surface area contributed by atoms with Crippen LogP contribution in [0.5, 0.6) is 0 Å². The normalized spacial score (nSPS) is 19.6. The molecule has 1 aliphatic rings. The molecule has 0 heterocycles. The minimum Gasteiger partial charge on any atom is -0.355 e. The molecule has 3 heteroatoms. The maximum atomic E-state index is 11.7. The Morgan fingerprint density at radius 3 is 2.38 bits per heavy atom. The van der Waals surface area contributed by atoms with E-state index in [1.54, 1.807) is 0 Å². The van der Waals surface area contributed by atoms with E-state index >= 15 is 0 Å². The Morgan fingerprint density at radius 2 is 1.94 bits per heavy atom. The van der Waals surface area contributed by atoms with Crippen LogP contribution in [0.2, 0.25) is 0 Å². The fraction of sp³-hybridized carbons (Fsp3) is 0.923. The van der Waals surface area contributed by atoms with Crippen molar-refractivity contribution in [3.8, 4) is 0 Å². The summed E-state index contributed by atoms with van der Waals surface area (Å²) in [4.78, 5) is 11.7. The fourth-order valence-electron chi connectivity index (χ4n) is 2.34. The van der Waals surface area contributed by atoms with Crippen molar-refractivity contribution in [2.45, 2.75) is 40.0 Å². The minimum atomic E-state index is 0.0693. The number of rotatable bonds is 7. The lowest BCUT2D eigenvalue weighted by molar-refractivity contribution is -0.124. The van der Waals surface area contributed by atoms with Gasteiger partial charge in [0.05, 0.1) is 0 Å². The van der Waals surface area contributed by atoms with Crippen LogP contribution < -0.4 is 10.6 Å². The minimum absolute atomic E-state index is 0.0693. The molecule has 1 saturated carbocycles. The highest BCUT2D eigenvalue weighted by atomic mass is 16.1. The van der Waals surface area contributed by atoms with Crippen molar-refractivity contribution in [1.82, 2.24) is 10.6 Å². The number of hydrogen-bond acceptors (Lipinski definition) is 2. The van der Waals surface area contributed by atoms with E-state index in [2.05, 4.69) is 24.5 Å². The number of hydrogen-bond donors (Lipinski definition) is 2. The van der Waals surface area contributed by atoms with E-state index in [1.165, 1.54) is 19.3 Å². The van der Waals surface area contributed by atoms with E-state index in [0.717, 1.165) is 19.0 Å². The molecule has 0 saturated heterocycles. The van der Waals surface area contributed by atoms with Gasteiger partial charge in [-0.2, -0.15) is 0 Å². The molecule has 0 aromatic heterocycles. The van der Waals surface area contributed by atoms with Crippen molar-refractivity contribution in [2.24, 2.45) is 17.3 Å². The first-order valence-corrected chi connectivity index (χ1v) is 6.41. The van der Waals surface area contributed by atoms with Crippen LogP contribution in [0.3, 0.4) is 0 Å². The molecule has 1 amide bonds. The zero-order valence-electron chi connectivity index (χ0n) is 11.1. The quantitative estimate of drug-likeness (QED) is 0.695. The number of carbonyl (C=O) groups is 1. The maximum absolute atomic E-state index is 11.7. The van der Waals surface area contributed by atoms with Gasteiger partial charge in [0.1, 0.15) is 0 Å². The second-order valence-corrected chi connectivity index (χ2v) is 5.77. The van der Waals surface area contributed by atoms with Crippen LogP contribution in [0, 0.1) is 17.3 Å². The first kappa shape index (κ1) is 13.5. The monoisotopic (exact) mass is 226 g/mol. The largest absolute Gasteiger partial charge is 0.355 e. The van der Waals surface area contributed by atoms with Gasteiger partial charge in [0.15, 0.2) is 0 Å². The van der Waals surface area contributed by atoms with Crippen LogP contribution in [0.4, 0.5) is 0 Å². The third-order valence-corrected chi connectivity index (χ3v) is 3.39. The molecule has 1 aliphatic carbocycles. The summed E-state index contributed by atoms with van der Waals surface area (Å²) in [7, 11) is 1.88. The summed E-state index contributed by atoms with van der Waals surface area (Å²) in [5.74, 6) is 0.985. The van der Waals surface area contributed by atoms with Gasteiger partial charge in [-0.1, -0.05) is 20.8 Å². The zero-order chi connectivity index (χ0) is 12.2. The highest BCUT2D eigenvalue weighted by Crippen LogP contribution is 2.49. The molecule has 0 spiro atoms. The van der Waals surface area contributed by atoms with Gasteiger partial charge in [-0.05, 0) is 37.6 Å². The van der Waals surface area contributed by atoms with Gasteiger partial charge in [-0.3, -0.25) is 4.79 Å². The molecule has 0 aliphatic heterocycles. The number of carbonyl (C=O) groups excluding carboxylic acids is 1. The third kappa shape index (κ3) is 4.12. The Bertz CT molecular complexity index is 234. The van der Waals surface area contributed by atoms with Gasteiger partial charge >= 0.3 is 0 Å². The SMILES string of the molecule is CNCC(C)C(=O)NCC1(CC(C)C)CC1. The van der Waals surface area contributed by atoms with Gasteiger partial charge in [0.2, 0.25) is 5.91 Å². The van der Waals surface area contributed by atoms with Gasteiger partial charge in [-0.15, -0.1) is 0 Å². The van der Waals surface area contributed by atoms with Crippen molar-refractivity contribution in [2.75, 3.05) is 20.1 Å². The van der Waals surface area contributed by atoms with E-state index in [4.69, 9.17) is 0 Å². The maximum Gasteiger partial charge on any atom is 0.224 e. The molecule has 0 radical (unpaired) electrons. The lowest BCUT2D eigenvalue weighted by atomic mass is 9.94. The average Bonchev–Trinajstić information content (AvgIpc) is 2.94. The highest BCUT2D eigenvalue weighted by Gasteiger charge is 2.42. The molecule has 2 N–H and O–H groups in total. The molecule has 1 rings (SSSR count). The Labute approximate surface area is 99.4 Å². The Morgan fingerprint density at radius 1 is 1.31 bits per heavy atom. The van der Waals surface area contributed by atoms with Crippen molar-refractivity contribution < 1.29 is 4.79 Å². The van der Waals surface area contributed by atoms with Crippen molar-refractivity contribution in [1.29, 1.82) is 0 Å². The van der Waals surface area contributed by atoms with Crippen LogP contribution in [-0.4, -0.2) is 26.0 Å². The Balaban J connectivity index is 2.26. The molecule has 16 heavy (non-hydrogen) atoms. The smallest absolute Gasteiger partial charge is 0.224 e. The van der Waals surface area contributed by atoms with Gasteiger partial charge in [0, 0.05) is 19.0 Å². The number of amides is 1. The van der Waals surface area contributed by atoms with Crippen LogP contribution in [0.15, 0.2) is 0 Å². The Hall–Kier alpha value is -0.570. The summed E-state index contributed by atoms with van der Waals surface area (Å²) in [6.45, 7) is 8.10. The fourth-order valence-corrected chi connectivity index (χ4v) is 2.34. The van der Waals surface area contributed by atoms with Gasteiger partial charge < -0.3 is 10.6 Å². The van der Waals surface area contributed by atoms with E-state index < -0.39 is 0 Å². The van der Waals surface area contributed by atoms with Crippen LogP contribution in [0.25, 0.3) is 0 Å². The predicted molar refractivity (Wildman–Crippen MR) is 67.2 cm³/mol. The molecule has 3 nitrogen and oxygen atoms in total. The van der Waals surface area contributed by atoms with Crippen LogP contribution in [0.1, 0.15) is 40.0 Å². The molecule has 94 valence electrons. The molecule has 1 unspecified atom stereocenters. The standard InChI is InChI=1S/C13H26N2O/c1-10(2)7-13(5-6-13)9-15-12(16)11(3)8-14-4/h10-11,14H,5-9H2,1-4H3,(H,15,16). The summed E-state index contributed by atoms with van der Waals surface area (Å²) in [6.07, 6.45) is 3.81. The topological polar surface area (TPSA) is 41.1 Å². The molecule has 1 atom stereocenters. The van der Waals surface area contributed by atoms with E-state index in [-0.39, 0.29) is 11.8 Å². The summed E-state index contributed by atoms with van der Waals surface area (Å²) in [5.41, 5.74) is 0.434. The predicted octanol–water partition coefficient (Wildman–Crippen LogP) is 1.78. The van der Waals surface area contributed by atoms with Gasteiger partial charge in [-0.25, -0.2) is 0 Å². The Kier molecular flexibility index (Phi) is 4.78. The van der Waals surface area contributed by atoms with Gasteiger partial charge in [0.25, 0.3) is 0 Å². The summed E-state index contributed by atoms with van der Waals surface area (Å²) in [6, 6.07) is 0. The molecule has 1 fully saturated rings. The lowest BCUT2D eigenvalue weighted by Crippen LogP contribution is -2.37. The molecule has 0 aromatic rings. The summed E-state index contributed by atoms with van der Waals surface area (Å²) < 4.78 is 0. The third-order valence-electron chi connectivity index (χ3n) is 3.39. The molecule has 0 aromatic carbocycles. The second kappa shape index (κ2) is 5.67. The van der Waals surface area contributed by atoms with E-state index in [9.17, 15) is 4.79 Å². The average molecular weight is 226 g/mol. The summed E-state index contributed by atoms with van der Waals surface area (Å²) >= 11 is 0. The van der Waals surface area contributed by atoms with E-state index in [0.29, 0.717) is 5.41 Å². The van der Waals surface area contributed by atoms with Crippen LogP contribution >= 0.6 is 0 Å². The first-order chi connectivity index (χ1) is 7.49. The molecular formula is C13H26N2O. The molecule has 0 bridgehead atoms. The molecular weight excluding hydrogens is 200 g/mol. The zero-order valence-corrected chi connectivity index (χ0v) is 11.1. The van der Waals surface area contributed by atoms with Crippen LogP contribution in [-0.2, 0) is 4.79 Å². The van der Waals surface area contributed by atoms with Crippen molar-refractivity contribution in [3.63, 3.8) is 0 Å². The second-order valence-electron chi connectivity index (χ2n) is 5.77. The lowest BCUT2D eigenvalue weighted by Gasteiger charge is -2.19. The highest BCUT2D eigenvalue weighted by molar-refractivity contribution is 5.78. The van der Waals surface area contributed by atoms with Crippen molar-refractivity contribution in [3.05, 3.63) is 0 Å².